The van der Waals surface area contributed by atoms with Crippen LogP contribution in [0.1, 0.15) is 22.3 Å². The lowest BCUT2D eigenvalue weighted by Crippen LogP contribution is -2.66. The Kier molecular flexibility index (Phi) is 2.50. The van der Waals surface area contributed by atoms with Gasteiger partial charge in [0.2, 0.25) is 0 Å². The first-order chi connectivity index (χ1) is 7.83. The zero-order valence-corrected chi connectivity index (χ0v) is 9.23. The van der Waals surface area contributed by atoms with Crippen molar-refractivity contribution in [3.05, 3.63) is 35.4 Å². The van der Waals surface area contributed by atoms with E-state index in [0.717, 1.165) is 31.5 Å². The molecule has 0 saturated carbocycles. The first-order valence-corrected chi connectivity index (χ1v) is 5.86. The van der Waals surface area contributed by atoms with Crippen molar-refractivity contribution in [3.63, 3.8) is 0 Å². The first kappa shape index (κ1) is 10.00. The molecule has 1 aromatic rings. The summed E-state index contributed by atoms with van der Waals surface area (Å²) in [6, 6.07) is 9.33. The second-order valence-electron chi connectivity index (χ2n) is 4.85. The number of hydrogen-bond acceptors (Lipinski definition) is 3. The average Bonchev–Trinajstić information content (AvgIpc) is 2.29. The molecule has 0 spiro atoms. The number of benzene rings is 1. The van der Waals surface area contributed by atoms with E-state index in [1.165, 1.54) is 12.0 Å². The molecule has 3 heterocycles. The maximum atomic E-state index is 10.5. The third-order valence-electron chi connectivity index (χ3n) is 3.52. The molecule has 0 aliphatic carbocycles. The zero-order chi connectivity index (χ0) is 11.0. The Labute approximate surface area is 95.4 Å². The summed E-state index contributed by atoms with van der Waals surface area (Å²) in [4.78, 5) is 13.0. The van der Waals surface area contributed by atoms with Crippen LogP contribution in [0.15, 0.2) is 24.3 Å². The average molecular weight is 216 g/mol. The fourth-order valence-corrected chi connectivity index (χ4v) is 2.69. The van der Waals surface area contributed by atoms with Gasteiger partial charge in [-0.15, -0.1) is 0 Å². The van der Waals surface area contributed by atoms with E-state index >= 15 is 0 Å². The highest BCUT2D eigenvalue weighted by Crippen LogP contribution is 2.22. The molecule has 3 aliphatic rings. The van der Waals surface area contributed by atoms with E-state index in [2.05, 4.69) is 22.3 Å². The summed E-state index contributed by atoms with van der Waals surface area (Å²) < 4.78 is 0. The maximum Gasteiger partial charge on any atom is 0.150 e. The van der Waals surface area contributed by atoms with Crippen molar-refractivity contribution in [1.82, 2.24) is 10.2 Å². The van der Waals surface area contributed by atoms with Crippen molar-refractivity contribution in [3.8, 4) is 0 Å². The molecule has 3 nitrogen and oxygen atoms in total. The number of fused-ring (bicyclic) bond motifs is 2. The number of nitrogens with zero attached hydrogens (tertiary/aromatic N) is 1. The van der Waals surface area contributed by atoms with E-state index in [-0.39, 0.29) is 0 Å². The smallest absolute Gasteiger partial charge is 0.150 e. The molecule has 3 aliphatic heterocycles. The minimum Gasteiger partial charge on any atom is -0.309 e. The molecule has 3 fully saturated rings. The SMILES string of the molecule is O=Cc1ccc(CN2CC3CC(C2)N3)cc1. The van der Waals surface area contributed by atoms with E-state index in [1.54, 1.807) is 0 Å². The first-order valence-electron chi connectivity index (χ1n) is 5.86. The van der Waals surface area contributed by atoms with Gasteiger partial charge in [-0.25, -0.2) is 0 Å². The molecule has 2 atom stereocenters. The molecular formula is C13H16N2O. The number of aldehydes is 1. The van der Waals surface area contributed by atoms with Crippen molar-refractivity contribution < 1.29 is 4.79 Å². The summed E-state index contributed by atoms with van der Waals surface area (Å²) in [5.74, 6) is 0. The summed E-state index contributed by atoms with van der Waals surface area (Å²) in [5, 5.41) is 3.53. The van der Waals surface area contributed by atoms with Gasteiger partial charge in [-0.3, -0.25) is 9.69 Å². The lowest BCUT2D eigenvalue weighted by atomic mass is 9.91. The maximum absolute atomic E-state index is 10.5. The second kappa shape index (κ2) is 4.00. The van der Waals surface area contributed by atoms with Crippen LogP contribution in [-0.4, -0.2) is 36.4 Å². The molecule has 3 heteroatoms. The number of nitrogens with one attached hydrogen (secondary N) is 1. The fourth-order valence-electron chi connectivity index (χ4n) is 2.69. The molecule has 2 bridgehead atoms. The Morgan fingerprint density at radius 1 is 1.25 bits per heavy atom. The van der Waals surface area contributed by atoms with Crippen LogP contribution in [0.25, 0.3) is 0 Å². The van der Waals surface area contributed by atoms with Crippen LogP contribution in [0.3, 0.4) is 0 Å². The van der Waals surface area contributed by atoms with Crippen LogP contribution in [0.4, 0.5) is 0 Å². The van der Waals surface area contributed by atoms with E-state index < -0.39 is 0 Å². The largest absolute Gasteiger partial charge is 0.309 e. The monoisotopic (exact) mass is 216 g/mol. The number of hydrogen-bond donors (Lipinski definition) is 1. The fraction of sp³-hybridized carbons (Fsp3) is 0.462. The Hall–Kier alpha value is -1.19. The van der Waals surface area contributed by atoms with Crippen LogP contribution in [0.5, 0.6) is 0 Å². The summed E-state index contributed by atoms with van der Waals surface area (Å²) in [6.45, 7) is 3.33. The molecule has 2 unspecified atom stereocenters. The van der Waals surface area contributed by atoms with Crippen molar-refractivity contribution in [2.75, 3.05) is 13.1 Å². The highest BCUT2D eigenvalue weighted by Gasteiger charge is 2.35. The zero-order valence-electron chi connectivity index (χ0n) is 9.23. The van der Waals surface area contributed by atoms with Gasteiger partial charge < -0.3 is 5.32 Å². The van der Waals surface area contributed by atoms with Gasteiger partial charge in [0.15, 0.2) is 0 Å². The predicted molar refractivity (Wildman–Crippen MR) is 62.4 cm³/mol. The molecule has 3 saturated heterocycles. The third kappa shape index (κ3) is 1.88. The molecular weight excluding hydrogens is 200 g/mol. The van der Waals surface area contributed by atoms with Crippen LogP contribution in [-0.2, 0) is 6.54 Å². The van der Waals surface area contributed by atoms with Gasteiger partial charge in [0.25, 0.3) is 0 Å². The van der Waals surface area contributed by atoms with Crippen LogP contribution in [0.2, 0.25) is 0 Å². The normalized spacial score (nSPS) is 28.5. The molecule has 0 radical (unpaired) electrons. The topological polar surface area (TPSA) is 32.3 Å². The Balaban J connectivity index is 1.62. The van der Waals surface area contributed by atoms with Gasteiger partial charge in [0.1, 0.15) is 6.29 Å². The van der Waals surface area contributed by atoms with Gasteiger partial charge in [0.05, 0.1) is 0 Å². The Morgan fingerprint density at radius 3 is 2.44 bits per heavy atom. The number of carbonyl (C=O) groups is 1. The molecule has 0 amide bonds. The van der Waals surface area contributed by atoms with E-state index in [0.29, 0.717) is 12.1 Å². The van der Waals surface area contributed by atoms with Gasteiger partial charge >= 0.3 is 0 Å². The molecule has 0 aromatic heterocycles. The van der Waals surface area contributed by atoms with Gasteiger partial charge in [-0.1, -0.05) is 24.3 Å². The number of carbonyl (C=O) groups excluding carboxylic acids is 1. The van der Waals surface area contributed by atoms with E-state index in [4.69, 9.17) is 0 Å². The molecule has 4 rings (SSSR count). The number of piperidine rings is 1. The minimum atomic E-state index is 0.716. The quantitative estimate of drug-likeness (QED) is 0.766. The number of rotatable bonds is 3. The summed E-state index contributed by atoms with van der Waals surface area (Å²) in [5.41, 5.74) is 2.05. The van der Waals surface area contributed by atoms with Crippen molar-refractivity contribution in [2.24, 2.45) is 0 Å². The van der Waals surface area contributed by atoms with E-state index in [1.807, 2.05) is 12.1 Å². The van der Waals surface area contributed by atoms with E-state index in [9.17, 15) is 4.79 Å². The lowest BCUT2D eigenvalue weighted by molar-refractivity contribution is 0.0726. The Bertz CT molecular complexity index is 371. The van der Waals surface area contributed by atoms with Crippen LogP contribution in [0, 0.1) is 0 Å². The predicted octanol–water partition coefficient (Wildman–Crippen LogP) is 1.05. The summed E-state index contributed by atoms with van der Waals surface area (Å²) in [7, 11) is 0. The highest BCUT2D eigenvalue weighted by molar-refractivity contribution is 5.74. The second-order valence-corrected chi connectivity index (χ2v) is 4.85. The van der Waals surface area contributed by atoms with Crippen molar-refractivity contribution in [1.29, 1.82) is 0 Å². The summed E-state index contributed by atoms with van der Waals surface area (Å²) >= 11 is 0. The van der Waals surface area contributed by atoms with Crippen molar-refractivity contribution in [2.45, 2.75) is 25.0 Å². The standard InChI is InChI=1S/C13H16N2O/c16-9-11-3-1-10(2-4-11)6-15-7-12-5-13(8-15)14-12/h1-4,9,12-14H,5-8H2. The molecule has 84 valence electrons. The third-order valence-corrected chi connectivity index (χ3v) is 3.52. The lowest BCUT2D eigenvalue weighted by Gasteiger charge is -2.48. The number of piperazine rings is 1. The molecule has 16 heavy (non-hydrogen) atoms. The molecule has 1 aromatic carbocycles. The minimum absolute atomic E-state index is 0.716. The van der Waals surface area contributed by atoms with Gasteiger partial charge in [-0.05, 0) is 12.0 Å². The van der Waals surface area contributed by atoms with Gasteiger partial charge in [0, 0.05) is 37.3 Å². The van der Waals surface area contributed by atoms with Crippen LogP contribution >= 0.6 is 0 Å². The van der Waals surface area contributed by atoms with Gasteiger partial charge in [-0.2, -0.15) is 0 Å². The highest BCUT2D eigenvalue weighted by atomic mass is 16.1. The van der Waals surface area contributed by atoms with Crippen molar-refractivity contribution >= 4 is 6.29 Å². The summed E-state index contributed by atoms with van der Waals surface area (Å²) in [6.07, 6.45) is 2.24. The molecule has 1 N–H and O–H groups in total. The Morgan fingerprint density at radius 2 is 1.88 bits per heavy atom. The van der Waals surface area contributed by atoms with Crippen LogP contribution < -0.4 is 5.32 Å².